The zero-order valence-electron chi connectivity index (χ0n) is 11.0. The molecule has 17 heavy (non-hydrogen) atoms. The summed E-state index contributed by atoms with van der Waals surface area (Å²) < 4.78 is 5.42. The lowest BCUT2D eigenvalue weighted by atomic mass is 10.0. The number of piperidine rings is 1. The molecule has 2 rings (SSSR count). The molecule has 1 saturated heterocycles. The second kappa shape index (κ2) is 5.41. The van der Waals surface area contributed by atoms with E-state index in [1.54, 1.807) is 7.11 Å². The minimum absolute atomic E-state index is 0.572. The Balaban J connectivity index is 2.03. The third-order valence-electron chi connectivity index (χ3n) is 3.44. The van der Waals surface area contributed by atoms with Crippen LogP contribution in [0.25, 0.3) is 0 Å². The molecule has 1 fully saturated rings. The molecule has 0 aliphatic carbocycles. The quantitative estimate of drug-likeness (QED) is 0.869. The van der Waals surface area contributed by atoms with Crippen LogP contribution in [0.5, 0.6) is 5.75 Å². The number of aryl methyl sites for hydroxylation is 1. The second-order valence-corrected chi connectivity index (χ2v) is 4.93. The number of methoxy groups -OCH3 is 1. The van der Waals surface area contributed by atoms with Crippen LogP contribution < -0.4 is 10.1 Å². The van der Waals surface area contributed by atoms with Gasteiger partial charge in [0.15, 0.2) is 0 Å². The maximum Gasteiger partial charge on any atom is 0.142 e. The minimum atomic E-state index is 0.572. The third kappa shape index (κ3) is 3.13. The first-order valence-electron chi connectivity index (χ1n) is 6.29. The second-order valence-electron chi connectivity index (χ2n) is 4.93. The SMILES string of the molecule is COc1cc(C)ccc1NC1CCN(C)CC1. The van der Waals surface area contributed by atoms with Crippen molar-refractivity contribution >= 4 is 5.69 Å². The molecule has 1 heterocycles. The first kappa shape index (κ1) is 12.2. The molecule has 0 aromatic heterocycles. The average molecular weight is 234 g/mol. The fourth-order valence-electron chi connectivity index (χ4n) is 2.29. The number of nitrogens with one attached hydrogen (secondary N) is 1. The molecule has 0 unspecified atom stereocenters. The fourth-order valence-corrected chi connectivity index (χ4v) is 2.29. The minimum Gasteiger partial charge on any atom is -0.495 e. The Hall–Kier alpha value is -1.22. The first-order chi connectivity index (χ1) is 8.19. The van der Waals surface area contributed by atoms with E-state index < -0.39 is 0 Å². The van der Waals surface area contributed by atoms with Crippen molar-refractivity contribution in [3.8, 4) is 5.75 Å². The van der Waals surface area contributed by atoms with E-state index in [1.807, 2.05) is 0 Å². The number of likely N-dealkylation sites (tertiary alicyclic amines) is 1. The molecule has 0 amide bonds. The zero-order valence-corrected chi connectivity index (χ0v) is 11.0. The van der Waals surface area contributed by atoms with E-state index in [0.717, 1.165) is 11.4 Å². The monoisotopic (exact) mass is 234 g/mol. The number of anilines is 1. The van der Waals surface area contributed by atoms with Gasteiger partial charge in [-0.1, -0.05) is 6.07 Å². The van der Waals surface area contributed by atoms with E-state index in [0.29, 0.717) is 6.04 Å². The van der Waals surface area contributed by atoms with Gasteiger partial charge in [-0.25, -0.2) is 0 Å². The lowest BCUT2D eigenvalue weighted by Crippen LogP contribution is -2.36. The van der Waals surface area contributed by atoms with Gasteiger partial charge in [0.1, 0.15) is 5.75 Å². The number of nitrogens with zero attached hydrogens (tertiary/aromatic N) is 1. The molecule has 1 aliphatic heterocycles. The molecule has 1 aromatic carbocycles. The van der Waals surface area contributed by atoms with E-state index in [4.69, 9.17) is 4.74 Å². The molecule has 3 heteroatoms. The van der Waals surface area contributed by atoms with Crippen LogP contribution in [0.4, 0.5) is 5.69 Å². The largest absolute Gasteiger partial charge is 0.495 e. The Morgan fingerprint density at radius 1 is 1.29 bits per heavy atom. The van der Waals surface area contributed by atoms with Gasteiger partial charge in [0, 0.05) is 6.04 Å². The van der Waals surface area contributed by atoms with E-state index in [-0.39, 0.29) is 0 Å². The van der Waals surface area contributed by atoms with Crippen LogP contribution in [-0.4, -0.2) is 38.2 Å². The van der Waals surface area contributed by atoms with E-state index in [9.17, 15) is 0 Å². The standard InChI is InChI=1S/C14H22N2O/c1-11-4-5-13(14(10-11)17-3)15-12-6-8-16(2)9-7-12/h4-5,10,12,15H,6-9H2,1-3H3. The highest BCUT2D eigenvalue weighted by atomic mass is 16.5. The predicted molar refractivity (Wildman–Crippen MR) is 71.9 cm³/mol. The van der Waals surface area contributed by atoms with E-state index in [2.05, 4.69) is 42.4 Å². The Kier molecular flexibility index (Phi) is 3.89. The van der Waals surface area contributed by atoms with Crippen molar-refractivity contribution in [2.45, 2.75) is 25.8 Å². The highest BCUT2D eigenvalue weighted by molar-refractivity contribution is 5.58. The van der Waals surface area contributed by atoms with Crippen LogP contribution in [0.1, 0.15) is 18.4 Å². The van der Waals surface area contributed by atoms with Gasteiger partial charge in [-0.15, -0.1) is 0 Å². The van der Waals surface area contributed by atoms with Crippen molar-refractivity contribution in [2.75, 3.05) is 32.6 Å². The van der Waals surface area contributed by atoms with Gasteiger partial charge in [-0.2, -0.15) is 0 Å². The van der Waals surface area contributed by atoms with Crippen molar-refractivity contribution in [1.82, 2.24) is 4.90 Å². The molecule has 1 aliphatic rings. The Morgan fingerprint density at radius 2 is 2.00 bits per heavy atom. The summed E-state index contributed by atoms with van der Waals surface area (Å²) in [4.78, 5) is 2.38. The van der Waals surface area contributed by atoms with Gasteiger partial charge < -0.3 is 15.0 Å². The van der Waals surface area contributed by atoms with E-state index >= 15 is 0 Å². The summed E-state index contributed by atoms with van der Waals surface area (Å²) in [7, 11) is 3.91. The van der Waals surface area contributed by atoms with Crippen molar-refractivity contribution in [3.05, 3.63) is 23.8 Å². The summed E-state index contributed by atoms with van der Waals surface area (Å²) in [6, 6.07) is 6.90. The van der Waals surface area contributed by atoms with Gasteiger partial charge in [0.2, 0.25) is 0 Å². The summed E-state index contributed by atoms with van der Waals surface area (Å²) >= 11 is 0. The predicted octanol–water partition coefficient (Wildman–Crippen LogP) is 2.51. The molecule has 94 valence electrons. The Morgan fingerprint density at radius 3 is 2.65 bits per heavy atom. The molecule has 1 N–H and O–H groups in total. The number of hydrogen-bond donors (Lipinski definition) is 1. The molecule has 0 atom stereocenters. The maximum absolute atomic E-state index is 5.42. The summed E-state index contributed by atoms with van der Waals surface area (Å²) in [6.07, 6.45) is 2.40. The topological polar surface area (TPSA) is 24.5 Å². The molecule has 0 radical (unpaired) electrons. The molecule has 1 aromatic rings. The summed E-state index contributed by atoms with van der Waals surface area (Å²) in [6.45, 7) is 4.43. The van der Waals surface area contributed by atoms with Crippen LogP contribution in [0.3, 0.4) is 0 Å². The van der Waals surface area contributed by atoms with E-state index in [1.165, 1.54) is 31.5 Å². The first-order valence-corrected chi connectivity index (χ1v) is 6.29. The zero-order chi connectivity index (χ0) is 12.3. The van der Waals surface area contributed by atoms with Crippen LogP contribution in [-0.2, 0) is 0 Å². The lowest BCUT2D eigenvalue weighted by Gasteiger charge is -2.30. The molecule has 0 bridgehead atoms. The normalized spacial score (nSPS) is 18.1. The van der Waals surface area contributed by atoms with Crippen molar-refractivity contribution in [2.24, 2.45) is 0 Å². The Bertz CT molecular complexity index is 370. The summed E-state index contributed by atoms with van der Waals surface area (Å²) in [5, 5.41) is 3.60. The number of benzene rings is 1. The highest BCUT2D eigenvalue weighted by Gasteiger charge is 2.17. The highest BCUT2D eigenvalue weighted by Crippen LogP contribution is 2.27. The van der Waals surface area contributed by atoms with Gasteiger partial charge in [-0.3, -0.25) is 0 Å². The molecular formula is C14H22N2O. The van der Waals surface area contributed by atoms with Crippen LogP contribution >= 0.6 is 0 Å². The van der Waals surface area contributed by atoms with Crippen LogP contribution in [0.2, 0.25) is 0 Å². The molecular weight excluding hydrogens is 212 g/mol. The number of hydrogen-bond acceptors (Lipinski definition) is 3. The third-order valence-corrected chi connectivity index (χ3v) is 3.44. The van der Waals surface area contributed by atoms with Crippen molar-refractivity contribution in [3.63, 3.8) is 0 Å². The van der Waals surface area contributed by atoms with Crippen molar-refractivity contribution in [1.29, 1.82) is 0 Å². The molecule has 0 saturated carbocycles. The van der Waals surface area contributed by atoms with Crippen LogP contribution in [0.15, 0.2) is 18.2 Å². The van der Waals surface area contributed by atoms with Crippen LogP contribution in [0, 0.1) is 6.92 Å². The summed E-state index contributed by atoms with van der Waals surface area (Å²) in [5.41, 5.74) is 2.35. The smallest absolute Gasteiger partial charge is 0.142 e. The van der Waals surface area contributed by atoms with Gasteiger partial charge in [0.05, 0.1) is 12.8 Å². The summed E-state index contributed by atoms with van der Waals surface area (Å²) in [5.74, 6) is 0.948. The molecule has 0 spiro atoms. The Labute approximate surface area is 104 Å². The number of rotatable bonds is 3. The van der Waals surface area contributed by atoms with Gasteiger partial charge in [0.25, 0.3) is 0 Å². The number of ether oxygens (including phenoxy) is 1. The maximum atomic E-state index is 5.42. The van der Waals surface area contributed by atoms with Crippen molar-refractivity contribution < 1.29 is 4.74 Å². The average Bonchev–Trinajstić information content (AvgIpc) is 2.34. The lowest BCUT2D eigenvalue weighted by molar-refractivity contribution is 0.263. The molecule has 3 nitrogen and oxygen atoms in total. The fraction of sp³-hybridized carbons (Fsp3) is 0.571. The van der Waals surface area contributed by atoms with Gasteiger partial charge in [-0.05, 0) is 57.6 Å². The van der Waals surface area contributed by atoms with Gasteiger partial charge >= 0.3 is 0 Å².